The molecule has 0 radical (unpaired) electrons. The largest absolute Gasteiger partial charge is 0.478 e. The van der Waals surface area contributed by atoms with Crippen LogP contribution in [-0.4, -0.2) is 41.1 Å². The van der Waals surface area contributed by atoms with Crippen LogP contribution in [0.15, 0.2) is 18.2 Å². The molecule has 0 spiro atoms. The van der Waals surface area contributed by atoms with E-state index in [1.165, 1.54) is 7.11 Å². The van der Waals surface area contributed by atoms with Gasteiger partial charge in [-0.25, -0.2) is 4.79 Å². The molecule has 2 rings (SSSR count). The summed E-state index contributed by atoms with van der Waals surface area (Å²) in [4.78, 5) is 25.3. The van der Waals surface area contributed by atoms with E-state index < -0.39 is 11.6 Å². The number of amides is 1. The van der Waals surface area contributed by atoms with Crippen molar-refractivity contribution in [3.63, 3.8) is 0 Å². The molecule has 1 N–H and O–H groups in total. The Morgan fingerprint density at radius 2 is 2.05 bits per heavy atom. The first kappa shape index (κ1) is 14.5. The van der Waals surface area contributed by atoms with Crippen LogP contribution in [0.25, 0.3) is 0 Å². The molecule has 0 saturated carbocycles. The quantitative estimate of drug-likeness (QED) is 0.913. The number of carboxylic acid groups (broad SMARTS) is 1. The number of benzene rings is 1. The van der Waals surface area contributed by atoms with Crippen LogP contribution in [0.3, 0.4) is 0 Å². The van der Waals surface area contributed by atoms with E-state index in [0.29, 0.717) is 25.1 Å². The molecule has 0 unspecified atom stereocenters. The summed E-state index contributed by atoms with van der Waals surface area (Å²) in [5.41, 5.74) is 1.21. The van der Waals surface area contributed by atoms with Crippen LogP contribution in [0, 0.1) is 0 Å². The highest BCUT2D eigenvalue weighted by atomic mass is 16.5. The fourth-order valence-electron chi connectivity index (χ4n) is 2.45. The van der Waals surface area contributed by atoms with Gasteiger partial charge in [0, 0.05) is 20.2 Å². The molecule has 1 aromatic carbocycles. The molecule has 0 aromatic heterocycles. The Hall–Kier alpha value is -1.88. The Kier molecular flexibility index (Phi) is 3.81. The van der Waals surface area contributed by atoms with Crippen molar-refractivity contribution in [2.75, 3.05) is 13.7 Å². The lowest BCUT2D eigenvalue weighted by atomic mass is 9.93. The Labute approximate surface area is 118 Å². The average molecular weight is 277 g/mol. The van der Waals surface area contributed by atoms with Gasteiger partial charge in [0.25, 0.3) is 5.91 Å². The predicted molar refractivity (Wildman–Crippen MR) is 73.6 cm³/mol. The van der Waals surface area contributed by atoms with Gasteiger partial charge in [-0.2, -0.15) is 0 Å². The van der Waals surface area contributed by atoms with Gasteiger partial charge in [0.05, 0.1) is 5.56 Å². The summed E-state index contributed by atoms with van der Waals surface area (Å²) in [5, 5.41) is 9.18. The maximum atomic E-state index is 12.4. The normalized spacial score (nSPS) is 14.8. The smallest absolute Gasteiger partial charge is 0.335 e. The number of rotatable bonds is 3. The molecule has 1 amide bonds. The van der Waals surface area contributed by atoms with Gasteiger partial charge in [-0.15, -0.1) is 0 Å². The maximum absolute atomic E-state index is 12.4. The van der Waals surface area contributed by atoms with Gasteiger partial charge in [0.1, 0.15) is 5.60 Å². The molecule has 20 heavy (non-hydrogen) atoms. The van der Waals surface area contributed by atoms with E-state index in [1.54, 1.807) is 30.9 Å². The van der Waals surface area contributed by atoms with Gasteiger partial charge >= 0.3 is 5.97 Å². The van der Waals surface area contributed by atoms with Crippen molar-refractivity contribution in [3.05, 3.63) is 34.9 Å². The van der Waals surface area contributed by atoms with Crippen LogP contribution in [0.2, 0.25) is 0 Å². The van der Waals surface area contributed by atoms with Crippen molar-refractivity contribution >= 4 is 11.9 Å². The van der Waals surface area contributed by atoms with Gasteiger partial charge in [0.15, 0.2) is 0 Å². The van der Waals surface area contributed by atoms with Crippen molar-refractivity contribution in [3.8, 4) is 0 Å². The second-order valence-corrected chi connectivity index (χ2v) is 5.44. The lowest BCUT2D eigenvalue weighted by molar-refractivity contribution is -0.152. The molecule has 1 aromatic rings. The lowest BCUT2D eigenvalue weighted by Gasteiger charge is -2.34. The van der Waals surface area contributed by atoms with Crippen LogP contribution >= 0.6 is 0 Å². The van der Waals surface area contributed by atoms with Gasteiger partial charge in [0.2, 0.25) is 0 Å². The Bertz CT molecular complexity index is 551. The molecule has 1 aliphatic heterocycles. The highest BCUT2D eigenvalue weighted by Crippen LogP contribution is 2.25. The number of aromatic carboxylic acids is 1. The summed E-state index contributed by atoms with van der Waals surface area (Å²) in [7, 11) is 1.51. The van der Waals surface area contributed by atoms with E-state index in [0.717, 1.165) is 11.1 Å². The number of fused-ring (bicyclic) bond motifs is 1. The third-order valence-corrected chi connectivity index (χ3v) is 3.81. The maximum Gasteiger partial charge on any atom is 0.335 e. The molecular formula is C15H19NO4. The zero-order chi connectivity index (χ0) is 14.9. The summed E-state index contributed by atoms with van der Waals surface area (Å²) < 4.78 is 5.22. The van der Waals surface area contributed by atoms with Crippen molar-refractivity contribution in [2.45, 2.75) is 32.4 Å². The number of ether oxygens (including phenoxy) is 1. The van der Waals surface area contributed by atoms with Crippen LogP contribution in [-0.2, 0) is 22.5 Å². The number of nitrogens with zero attached hydrogens (tertiary/aromatic N) is 1. The fraction of sp³-hybridized carbons (Fsp3) is 0.467. The van der Waals surface area contributed by atoms with Gasteiger partial charge in [-0.05, 0) is 37.5 Å². The number of hydrogen-bond acceptors (Lipinski definition) is 3. The van der Waals surface area contributed by atoms with Crippen LogP contribution in [0.4, 0.5) is 0 Å². The van der Waals surface area contributed by atoms with Crippen molar-refractivity contribution in [2.24, 2.45) is 0 Å². The zero-order valence-corrected chi connectivity index (χ0v) is 12.0. The monoisotopic (exact) mass is 277 g/mol. The summed E-state index contributed by atoms with van der Waals surface area (Å²) in [6.07, 6.45) is 0.559. The van der Waals surface area contributed by atoms with Crippen molar-refractivity contribution in [1.29, 1.82) is 0 Å². The number of methoxy groups -OCH3 is 1. The molecule has 1 aliphatic rings. The standard InChI is InChI=1S/C15H19NO4/c1-15(2,20-3)14(19)16-8-7-11-10(9-16)5-4-6-12(11)13(17)18/h4-6H,7-9H2,1-3H3,(H,17,18). The molecule has 0 saturated heterocycles. The molecule has 5 heteroatoms. The Balaban J connectivity index is 2.27. The summed E-state index contributed by atoms with van der Waals surface area (Å²) >= 11 is 0. The van der Waals surface area contributed by atoms with E-state index in [4.69, 9.17) is 4.74 Å². The number of hydrogen-bond donors (Lipinski definition) is 1. The molecule has 5 nitrogen and oxygen atoms in total. The second-order valence-electron chi connectivity index (χ2n) is 5.44. The molecule has 1 heterocycles. The molecule has 0 fully saturated rings. The van der Waals surface area contributed by atoms with E-state index in [9.17, 15) is 14.7 Å². The minimum atomic E-state index is -0.918. The molecule has 0 atom stereocenters. The Morgan fingerprint density at radius 1 is 1.35 bits per heavy atom. The minimum Gasteiger partial charge on any atom is -0.478 e. The predicted octanol–water partition coefficient (Wildman–Crippen LogP) is 1.69. The summed E-state index contributed by atoms with van der Waals surface area (Å²) in [6, 6.07) is 5.20. The molecular weight excluding hydrogens is 258 g/mol. The fourth-order valence-corrected chi connectivity index (χ4v) is 2.45. The van der Waals surface area contributed by atoms with E-state index in [1.807, 2.05) is 6.07 Å². The first-order valence-electron chi connectivity index (χ1n) is 6.55. The lowest BCUT2D eigenvalue weighted by Crippen LogP contribution is -2.48. The average Bonchev–Trinajstić information content (AvgIpc) is 2.44. The molecule has 108 valence electrons. The third kappa shape index (κ3) is 2.54. The van der Waals surface area contributed by atoms with E-state index in [2.05, 4.69) is 0 Å². The van der Waals surface area contributed by atoms with E-state index >= 15 is 0 Å². The van der Waals surface area contributed by atoms with Crippen molar-refractivity contribution < 1.29 is 19.4 Å². The first-order valence-corrected chi connectivity index (χ1v) is 6.55. The van der Waals surface area contributed by atoms with E-state index in [-0.39, 0.29) is 5.91 Å². The highest BCUT2D eigenvalue weighted by Gasteiger charge is 2.34. The van der Waals surface area contributed by atoms with Gasteiger partial charge in [-0.3, -0.25) is 4.79 Å². The second kappa shape index (κ2) is 5.25. The first-order chi connectivity index (χ1) is 9.36. The molecule has 0 aliphatic carbocycles. The number of carbonyl (C=O) groups is 2. The topological polar surface area (TPSA) is 66.8 Å². The number of carbonyl (C=O) groups excluding carboxylic acids is 1. The van der Waals surface area contributed by atoms with Crippen LogP contribution in [0.1, 0.15) is 35.3 Å². The number of carboxylic acids is 1. The summed E-state index contributed by atoms with van der Waals surface area (Å²) in [6.45, 7) is 4.42. The minimum absolute atomic E-state index is 0.0774. The third-order valence-electron chi connectivity index (χ3n) is 3.81. The van der Waals surface area contributed by atoms with Gasteiger partial charge in [-0.1, -0.05) is 12.1 Å². The van der Waals surface area contributed by atoms with Gasteiger partial charge < -0.3 is 14.7 Å². The molecule has 0 bridgehead atoms. The SMILES string of the molecule is COC(C)(C)C(=O)N1CCc2c(cccc2C(=O)O)C1. The summed E-state index contributed by atoms with van der Waals surface area (Å²) in [5.74, 6) is -0.995. The van der Waals surface area contributed by atoms with Crippen LogP contribution < -0.4 is 0 Å². The highest BCUT2D eigenvalue weighted by molar-refractivity contribution is 5.90. The zero-order valence-electron chi connectivity index (χ0n) is 12.0. The Morgan fingerprint density at radius 3 is 2.65 bits per heavy atom. The van der Waals surface area contributed by atoms with Crippen LogP contribution in [0.5, 0.6) is 0 Å². The van der Waals surface area contributed by atoms with Crippen molar-refractivity contribution in [1.82, 2.24) is 4.90 Å².